The van der Waals surface area contributed by atoms with E-state index in [1.807, 2.05) is 26.0 Å². The SMILES string of the molecule is Cc1cc(Cn2c(=O)c3c(ncn3C(C)C(=O)Nc3cccc(-c4cnc(C)c(C)c4)n3)n(C)c2=O)no1. The summed E-state index contributed by atoms with van der Waals surface area (Å²) in [6.07, 6.45) is 3.12. The monoisotopic (exact) mass is 514 g/mol. The van der Waals surface area contributed by atoms with Crippen LogP contribution in [0.5, 0.6) is 0 Å². The molecule has 0 bridgehead atoms. The Morgan fingerprint density at radius 2 is 1.92 bits per heavy atom. The summed E-state index contributed by atoms with van der Waals surface area (Å²) in [7, 11) is 1.52. The smallest absolute Gasteiger partial charge is 0.332 e. The number of nitrogens with zero attached hydrogens (tertiary/aromatic N) is 7. The van der Waals surface area contributed by atoms with E-state index in [0.717, 1.165) is 21.4 Å². The highest BCUT2D eigenvalue weighted by Gasteiger charge is 2.23. The Morgan fingerprint density at radius 1 is 1.13 bits per heavy atom. The number of pyridine rings is 2. The number of anilines is 1. The summed E-state index contributed by atoms with van der Waals surface area (Å²) in [5.41, 5.74) is 3.08. The van der Waals surface area contributed by atoms with E-state index in [1.54, 1.807) is 38.2 Å². The van der Waals surface area contributed by atoms with Crippen LogP contribution in [-0.4, -0.2) is 39.7 Å². The van der Waals surface area contributed by atoms with Crippen molar-refractivity contribution in [3.63, 3.8) is 0 Å². The summed E-state index contributed by atoms with van der Waals surface area (Å²) in [5.74, 6) is 0.514. The van der Waals surface area contributed by atoms with Crippen molar-refractivity contribution in [3.05, 3.63) is 86.4 Å². The van der Waals surface area contributed by atoms with Gasteiger partial charge in [-0.3, -0.25) is 23.7 Å². The summed E-state index contributed by atoms with van der Waals surface area (Å²) in [6.45, 7) is 7.20. The molecule has 0 spiro atoms. The van der Waals surface area contributed by atoms with Crippen molar-refractivity contribution in [1.82, 2.24) is 33.8 Å². The van der Waals surface area contributed by atoms with Gasteiger partial charge >= 0.3 is 5.69 Å². The number of carbonyl (C=O) groups excluding carboxylic acids is 1. The van der Waals surface area contributed by atoms with Gasteiger partial charge in [0.2, 0.25) is 5.91 Å². The molecule has 194 valence electrons. The first-order chi connectivity index (χ1) is 18.1. The first-order valence-electron chi connectivity index (χ1n) is 11.9. The Balaban J connectivity index is 1.46. The molecule has 5 rings (SSSR count). The molecular formula is C26H26N8O4. The zero-order chi connectivity index (χ0) is 27.1. The van der Waals surface area contributed by atoms with E-state index in [1.165, 1.54) is 22.5 Å². The van der Waals surface area contributed by atoms with Gasteiger partial charge in [-0.05, 0) is 51.5 Å². The minimum Gasteiger partial charge on any atom is -0.361 e. The molecule has 12 heteroatoms. The minimum absolute atomic E-state index is 0.0748. The molecule has 0 saturated carbocycles. The van der Waals surface area contributed by atoms with Crippen LogP contribution in [0.25, 0.3) is 22.4 Å². The molecule has 1 unspecified atom stereocenters. The summed E-state index contributed by atoms with van der Waals surface area (Å²) in [4.78, 5) is 52.7. The summed E-state index contributed by atoms with van der Waals surface area (Å²) in [5, 5.41) is 6.70. The summed E-state index contributed by atoms with van der Waals surface area (Å²) < 4.78 is 8.83. The fourth-order valence-corrected chi connectivity index (χ4v) is 4.18. The Kier molecular flexibility index (Phi) is 6.23. The number of rotatable bonds is 6. The Morgan fingerprint density at radius 3 is 2.63 bits per heavy atom. The van der Waals surface area contributed by atoms with Crippen molar-refractivity contribution >= 4 is 22.9 Å². The molecule has 38 heavy (non-hydrogen) atoms. The number of imidazole rings is 1. The van der Waals surface area contributed by atoms with Gasteiger partial charge in [0.25, 0.3) is 5.56 Å². The van der Waals surface area contributed by atoms with Crippen LogP contribution in [0, 0.1) is 20.8 Å². The van der Waals surface area contributed by atoms with E-state index in [2.05, 4.69) is 25.4 Å². The number of aromatic nitrogens is 7. The van der Waals surface area contributed by atoms with Crippen molar-refractivity contribution < 1.29 is 9.32 Å². The fraction of sp³-hybridized carbons (Fsp3) is 0.269. The molecule has 0 aromatic carbocycles. The maximum atomic E-state index is 13.4. The van der Waals surface area contributed by atoms with Crippen LogP contribution < -0.4 is 16.6 Å². The number of hydrogen-bond donors (Lipinski definition) is 1. The number of fused-ring (bicyclic) bond motifs is 1. The van der Waals surface area contributed by atoms with Crippen molar-refractivity contribution in [3.8, 4) is 11.3 Å². The first kappa shape index (κ1) is 24.8. The van der Waals surface area contributed by atoms with Gasteiger partial charge in [0.05, 0.1) is 18.6 Å². The molecule has 5 aromatic rings. The van der Waals surface area contributed by atoms with E-state index in [9.17, 15) is 14.4 Å². The number of carbonyl (C=O) groups is 1. The van der Waals surface area contributed by atoms with E-state index in [4.69, 9.17) is 4.52 Å². The lowest BCUT2D eigenvalue weighted by Crippen LogP contribution is -2.40. The van der Waals surface area contributed by atoms with Crippen molar-refractivity contribution in [2.45, 2.75) is 40.3 Å². The Labute approximate surface area is 216 Å². The lowest BCUT2D eigenvalue weighted by atomic mass is 10.1. The van der Waals surface area contributed by atoms with Gasteiger partial charge in [-0.2, -0.15) is 0 Å². The normalized spacial score (nSPS) is 12.1. The van der Waals surface area contributed by atoms with Crippen molar-refractivity contribution in [1.29, 1.82) is 0 Å². The Bertz CT molecular complexity index is 1810. The fourth-order valence-electron chi connectivity index (χ4n) is 4.18. The van der Waals surface area contributed by atoms with Crippen molar-refractivity contribution in [2.24, 2.45) is 7.05 Å². The maximum Gasteiger partial charge on any atom is 0.332 e. The molecule has 12 nitrogen and oxygen atoms in total. The second-order valence-electron chi connectivity index (χ2n) is 9.19. The predicted molar refractivity (Wildman–Crippen MR) is 140 cm³/mol. The molecule has 1 atom stereocenters. The van der Waals surface area contributed by atoms with Crippen LogP contribution in [0.2, 0.25) is 0 Å². The molecule has 1 N–H and O–H groups in total. The van der Waals surface area contributed by atoms with Gasteiger partial charge in [-0.1, -0.05) is 11.2 Å². The lowest BCUT2D eigenvalue weighted by molar-refractivity contribution is -0.118. The molecule has 0 aliphatic heterocycles. The van der Waals surface area contributed by atoms with Crippen LogP contribution in [0.4, 0.5) is 5.82 Å². The van der Waals surface area contributed by atoms with Crippen LogP contribution in [-0.2, 0) is 18.4 Å². The van der Waals surface area contributed by atoms with Crippen molar-refractivity contribution in [2.75, 3.05) is 5.32 Å². The zero-order valence-electron chi connectivity index (χ0n) is 21.6. The molecule has 0 aliphatic carbocycles. The first-order valence-corrected chi connectivity index (χ1v) is 11.9. The maximum absolute atomic E-state index is 13.4. The molecule has 0 fully saturated rings. The summed E-state index contributed by atoms with van der Waals surface area (Å²) in [6, 6.07) is 8.13. The molecule has 0 radical (unpaired) electrons. The number of amides is 1. The van der Waals surface area contributed by atoms with Gasteiger partial charge in [-0.25, -0.2) is 14.8 Å². The largest absolute Gasteiger partial charge is 0.361 e. The number of hydrogen-bond acceptors (Lipinski definition) is 8. The topological polar surface area (TPSA) is 143 Å². The highest BCUT2D eigenvalue weighted by atomic mass is 16.5. The predicted octanol–water partition coefficient (Wildman–Crippen LogP) is 2.51. The third-order valence-corrected chi connectivity index (χ3v) is 6.49. The van der Waals surface area contributed by atoms with Gasteiger partial charge in [0, 0.05) is 30.6 Å². The number of aryl methyl sites for hydroxylation is 4. The third-order valence-electron chi connectivity index (χ3n) is 6.49. The van der Waals surface area contributed by atoms with E-state index >= 15 is 0 Å². The van der Waals surface area contributed by atoms with Gasteiger partial charge in [0.1, 0.15) is 23.3 Å². The molecule has 5 heterocycles. The lowest BCUT2D eigenvalue weighted by Gasteiger charge is -2.15. The second kappa shape index (κ2) is 9.54. The van der Waals surface area contributed by atoms with Crippen LogP contribution in [0.15, 0.2) is 57.0 Å². The molecule has 0 aliphatic rings. The van der Waals surface area contributed by atoms with Crippen LogP contribution in [0.1, 0.15) is 35.7 Å². The second-order valence-corrected chi connectivity index (χ2v) is 9.19. The molecule has 1 amide bonds. The quantitative estimate of drug-likeness (QED) is 0.364. The number of nitrogens with one attached hydrogen (secondary N) is 1. The zero-order valence-corrected chi connectivity index (χ0v) is 21.6. The average Bonchev–Trinajstić information content (AvgIpc) is 3.53. The third kappa shape index (κ3) is 4.40. The molecular weight excluding hydrogens is 488 g/mol. The van der Waals surface area contributed by atoms with E-state index in [0.29, 0.717) is 23.0 Å². The van der Waals surface area contributed by atoms with Crippen LogP contribution >= 0.6 is 0 Å². The van der Waals surface area contributed by atoms with E-state index in [-0.39, 0.29) is 17.7 Å². The summed E-state index contributed by atoms with van der Waals surface area (Å²) >= 11 is 0. The molecule has 0 saturated heterocycles. The average molecular weight is 515 g/mol. The highest BCUT2D eigenvalue weighted by Crippen LogP contribution is 2.21. The van der Waals surface area contributed by atoms with Gasteiger partial charge in [-0.15, -0.1) is 0 Å². The highest BCUT2D eigenvalue weighted by molar-refractivity contribution is 5.93. The van der Waals surface area contributed by atoms with Gasteiger partial charge in [0.15, 0.2) is 11.2 Å². The molecule has 5 aromatic heterocycles. The van der Waals surface area contributed by atoms with Gasteiger partial charge < -0.3 is 14.4 Å². The van der Waals surface area contributed by atoms with Crippen LogP contribution in [0.3, 0.4) is 0 Å². The van der Waals surface area contributed by atoms with E-state index < -0.39 is 23.2 Å². The minimum atomic E-state index is -0.832. The standard InChI is InChI=1S/C26H26N8O4/c1-14-9-18(11-27-16(14)3)20-7-6-8-21(29-20)30-24(35)17(4)34-13-28-23-22(34)25(36)33(26(37)32(23)5)12-19-10-15(2)38-31-19/h6-11,13,17H,12H2,1-5H3,(H,29,30,35). The Hall–Kier alpha value is -4.87.